The second-order valence-corrected chi connectivity index (χ2v) is 8.81. The molecule has 2 aromatic rings. The van der Waals surface area contributed by atoms with Gasteiger partial charge >= 0.3 is 0 Å². The second-order valence-electron chi connectivity index (χ2n) is 6.64. The van der Waals surface area contributed by atoms with Gasteiger partial charge in [-0.3, -0.25) is 0 Å². The van der Waals surface area contributed by atoms with Gasteiger partial charge in [-0.25, -0.2) is 22.5 Å². The molecule has 0 atom stereocenters. The van der Waals surface area contributed by atoms with E-state index in [9.17, 15) is 12.8 Å². The minimum Gasteiger partial charge on any atom is -0.356 e. The fraction of sp³-hybridized carbons (Fsp3) is 0.444. The van der Waals surface area contributed by atoms with E-state index in [0.717, 1.165) is 49.6 Å². The summed E-state index contributed by atoms with van der Waals surface area (Å²) in [5, 5.41) is 2.81. The van der Waals surface area contributed by atoms with E-state index >= 15 is 0 Å². The van der Waals surface area contributed by atoms with Crippen molar-refractivity contribution in [2.75, 3.05) is 36.4 Å². The Bertz CT molecular complexity index is 936. The van der Waals surface area contributed by atoms with Crippen LogP contribution in [0.3, 0.4) is 0 Å². The zero-order valence-corrected chi connectivity index (χ0v) is 17.2. The van der Waals surface area contributed by atoms with Crippen molar-refractivity contribution in [3.63, 3.8) is 0 Å². The third kappa shape index (κ3) is 5.30. The van der Waals surface area contributed by atoms with Crippen LogP contribution in [0.5, 0.6) is 0 Å². The Morgan fingerprint density at radius 1 is 1.14 bits per heavy atom. The summed E-state index contributed by atoms with van der Waals surface area (Å²) in [4.78, 5) is 11.1. The number of halogens is 2. The van der Waals surface area contributed by atoms with Crippen molar-refractivity contribution in [1.82, 2.24) is 14.7 Å². The molecule has 1 aliphatic heterocycles. The molecule has 0 unspecified atom stereocenters. The average molecular weight is 428 g/mol. The van der Waals surface area contributed by atoms with Crippen molar-refractivity contribution in [1.29, 1.82) is 0 Å². The minimum absolute atomic E-state index is 0.0851. The molecule has 1 aromatic heterocycles. The fourth-order valence-electron chi connectivity index (χ4n) is 3.00. The molecule has 0 spiro atoms. The van der Waals surface area contributed by atoms with Gasteiger partial charge in [-0.2, -0.15) is 4.98 Å². The van der Waals surface area contributed by atoms with Gasteiger partial charge in [0.15, 0.2) is 0 Å². The molecule has 1 aromatic carbocycles. The van der Waals surface area contributed by atoms with Gasteiger partial charge in [0.2, 0.25) is 16.0 Å². The zero-order valence-electron chi connectivity index (χ0n) is 15.6. The first-order valence-corrected chi connectivity index (χ1v) is 11.0. The first-order valence-electron chi connectivity index (χ1n) is 9.14. The third-order valence-corrected chi connectivity index (χ3v) is 6.17. The van der Waals surface area contributed by atoms with Crippen molar-refractivity contribution in [3.05, 3.63) is 40.8 Å². The molecule has 7 nitrogen and oxygen atoms in total. The molecular formula is C18H23ClFN5O2S. The summed E-state index contributed by atoms with van der Waals surface area (Å²) in [6.45, 7) is 4.29. The number of benzene rings is 1. The quantitative estimate of drug-likeness (QED) is 0.660. The summed E-state index contributed by atoms with van der Waals surface area (Å²) in [5.41, 5.74) is 0.847. The van der Waals surface area contributed by atoms with Gasteiger partial charge in [0.25, 0.3) is 0 Å². The molecule has 10 heteroatoms. The van der Waals surface area contributed by atoms with Crippen molar-refractivity contribution in [2.45, 2.75) is 31.1 Å². The summed E-state index contributed by atoms with van der Waals surface area (Å²) < 4.78 is 40.2. The maximum Gasteiger partial charge on any atom is 0.240 e. The lowest BCUT2D eigenvalue weighted by Crippen LogP contribution is -2.31. The standard InChI is InChI=1S/C18H23ClFN5O2S/c1-13-11-17(25-9-3-2-4-10-25)24-18(23-13)21-7-8-22-28(26,27)14-5-6-16(20)15(19)12-14/h5-6,11-12,22H,2-4,7-10H2,1H3,(H,21,23,24). The van der Waals surface area contributed by atoms with E-state index in [0.29, 0.717) is 12.5 Å². The van der Waals surface area contributed by atoms with Gasteiger partial charge in [0.05, 0.1) is 9.92 Å². The average Bonchev–Trinajstić information content (AvgIpc) is 2.67. The molecular weight excluding hydrogens is 405 g/mol. The number of aryl methyl sites for hydroxylation is 1. The molecule has 28 heavy (non-hydrogen) atoms. The maximum absolute atomic E-state index is 13.2. The predicted molar refractivity (Wildman–Crippen MR) is 108 cm³/mol. The number of piperidine rings is 1. The number of hydrogen-bond donors (Lipinski definition) is 2. The number of hydrogen-bond acceptors (Lipinski definition) is 6. The number of aromatic nitrogens is 2. The predicted octanol–water partition coefficient (Wildman–Crippen LogP) is 2.96. The molecule has 0 bridgehead atoms. The van der Waals surface area contributed by atoms with Gasteiger partial charge in [-0.1, -0.05) is 11.6 Å². The molecule has 3 rings (SSSR count). The lowest BCUT2D eigenvalue weighted by molar-refractivity contribution is 0.573. The summed E-state index contributed by atoms with van der Waals surface area (Å²) in [7, 11) is -3.78. The van der Waals surface area contributed by atoms with Crippen LogP contribution in [0.15, 0.2) is 29.2 Å². The molecule has 2 heterocycles. The van der Waals surface area contributed by atoms with Crippen molar-refractivity contribution in [2.24, 2.45) is 0 Å². The Balaban J connectivity index is 1.57. The van der Waals surface area contributed by atoms with Crippen LogP contribution in [0.25, 0.3) is 0 Å². The number of anilines is 2. The van der Waals surface area contributed by atoms with Gasteiger partial charge in [-0.15, -0.1) is 0 Å². The van der Waals surface area contributed by atoms with Crippen LogP contribution < -0.4 is 14.9 Å². The Morgan fingerprint density at radius 2 is 1.89 bits per heavy atom. The number of nitrogens with one attached hydrogen (secondary N) is 2. The van der Waals surface area contributed by atoms with Crippen LogP contribution >= 0.6 is 11.6 Å². The summed E-state index contributed by atoms with van der Waals surface area (Å²) in [6, 6.07) is 5.24. The molecule has 1 aliphatic rings. The fourth-order valence-corrected chi connectivity index (χ4v) is 4.31. The van der Waals surface area contributed by atoms with E-state index < -0.39 is 15.8 Å². The van der Waals surface area contributed by atoms with Crippen molar-refractivity contribution >= 4 is 33.4 Å². The third-order valence-electron chi connectivity index (χ3n) is 4.42. The normalized spacial score (nSPS) is 14.9. The summed E-state index contributed by atoms with van der Waals surface area (Å²) in [6.07, 6.45) is 3.55. The topological polar surface area (TPSA) is 87.2 Å². The van der Waals surface area contributed by atoms with Gasteiger partial charge in [0.1, 0.15) is 11.6 Å². The van der Waals surface area contributed by atoms with Crippen molar-refractivity contribution in [3.8, 4) is 0 Å². The van der Waals surface area contributed by atoms with Crippen LogP contribution in [0, 0.1) is 12.7 Å². The van der Waals surface area contributed by atoms with E-state index in [1.54, 1.807) is 0 Å². The smallest absolute Gasteiger partial charge is 0.240 e. The van der Waals surface area contributed by atoms with Crippen LogP contribution in [0.1, 0.15) is 25.0 Å². The second kappa shape index (κ2) is 9.02. The Morgan fingerprint density at radius 3 is 2.61 bits per heavy atom. The molecule has 152 valence electrons. The highest BCUT2D eigenvalue weighted by atomic mass is 35.5. The molecule has 2 N–H and O–H groups in total. The largest absolute Gasteiger partial charge is 0.356 e. The summed E-state index contributed by atoms with van der Waals surface area (Å²) in [5.74, 6) is 0.684. The van der Waals surface area contributed by atoms with Crippen LogP contribution in [0.2, 0.25) is 5.02 Å². The lowest BCUT2D eigenvalue weighted by atomic mass is 10.1. The van der Waals surface area contributed by atoms with Crippen LogP contribution in [-0.2, 0) is 10.0 Å². The van der Waals surface area contributed by atoms with Crippen molar-refractivity contribution < 1.29 is 12.8 Å². The van der Waals surface area contributed by atoms with Crippen LogP contribution in [0.4, 0.5) is 16.2 Å². The van der Waals surface area contributed by atoms with Gasteiger partial charge in [-0.05, 0) is 44.4 Å². The van der Waals surface area contributed by atoms with E-state index in [1.807, 2.05) is 13.0 Å². The number of sulfonamides is 1. The highest BCUT2D eigenvalue weighted by molar-refractivity contribution is 7.89. The van der Waals surface area contributed by atoms with E-state index in [1.165, 1.54) is 12.5 Å². The minimum atomic E-state index is -3.78. The van der Waals surface area contributed by atoms with Gasteiger partial charge < -0.3 is 10.2 Å². The highest BCUT2D eigenvalue weighted by Gasteiger charge is 2.16. The van der Waals surface area contributed by atoms with E-state index in [4.69, 9.17) is 11.6 Å². The molecule has 0 saturated carbocycles. The first kappa shape index (κ1) is 20.8. The first-order chi connectivity index (χ1) is 13.3. The lowest BCUT2D eigenvalue weighted by Gasteiger charge is -2.28. The zero-order chi connectivity index (χ0) is 20.1. The Kier molecular flexibility index (Phi) is 6.69. The van der Waals surface area contributed by atoms with Gasteiger partial charge in [0, 0.05) is 37.9 Å². The molecule has 0 amide bonds. The number of nitrogens with zero attached hydrogens (tertiary/aromatic N) is 3. The highest BCUT2D eigenvalue weighted by Crippen LogP contribution is 2.20. The van der Waals surface area contributed by atoms with E-state index in [2.05, 4.69) is 24.9 Å². The number of rotatable bonds is 7. The monoisotopic (exact) mass is 427 g/mol. The maximum atomic E-state index is 13.2. The SMILES string of the molecule is Cc1cc(N2CCCCC2)nc(NCCNS(=O)(=O)c2ccc(F)c(Cl)c2)n1. The van der Waals surface area contributed by atoms with Crippen LogP contribution in [-0.4, -0.2) is 44.6 Å². The molecule has 0 radical (unpaired) electrons. The Labute approximate surface area is 169 Å². The summed E-state index contributed by atoms with van der Waals surface area (Å²) >= 11 is 5.65. The Hall–Kier alpha value is -1.97. The van der Waals surface area contributed by atoms with E-state index in [-0.39, 0.29) is 16.5 Å². The molecule has 1 fully saturated rings. The molecule has 0 aliphatic carbocycles. The molecule has 1 saturated heterocycles.